The van der Waals surface area contributed by atoms with E-state index in [0.717, 1.165) is 19.6 Å². The summed E-state index contributed by atoms with van der Waals surface area (Å²) in [6.45, 7) is 7.35. The van der Waals surface area contributed by atoms with Crippen LogP contribution in [0.1, 0.15) is 24.5 Å². The summed E-state index contributed by atoms with van der Waals surface area (Å²) in [5.74, 6) is 0.639. The first-order chi connectivity index (χ1) is 10.6. The Labute approximate surface area is 132 Å². The third-order valence-electron chi connectivity index (χ3n) is 4.86. The predicted molar refractivity (Wildman–Crippen MR) is 90.4 cm³/mol. The molecule has 1 fully saturated rings. The highest BCUT2D eigenvalue weighted by Gasteiger charge is 2.28. The van der Waals surface area contributed by atoms with Crippen LogP contribution in [0.3, 0.4) is 0 Å². The average molecular weight is 298 g/mol. The third kappa shape index (κ3) is 2.94. The molecule has 2 unspecified atom stereocenters. The number of nitrogens with zero attached hydrogens (tertiary/aromatic N) is 3. The number of aromatic nitrogens is 2. The van der Waals surface area contributed by atoms with Crippen molar-refractivity contribution in [3.05, 3.63) is 41.6 Å². The van der Waals surface area contributed by atoms with Crippen LogP contribution in [0, 0.1) is 12.8 Å². The number of nitrogens with two attached hydrogens (primary N) is 1. The summed E-state index contributed by atoms with van der Waals surface area (Å²) in [5, 5.41) is 4.32. The molecule has 3 rings (SSSR count). The van der Waals surface area contributed by atoms with Crippen LogP contribution in [0.15, 0.2) is 30.5 Å². The Kier molecular flexibility index (Phi) is 4.32. The summed E-state index contributed by atoms with van der Waals surface area (Å²) in [7, 11) is 2.00. The highest BCUT2D eigenvalue weighted by molar-refractivity contribution is 5.64. The Morgan fingerprint density at radius 1 is 1.32 bits per heavy atom. The molecule has 2 aromatic rings. The topological polar surface area (TPSA) is 47.1 Å². The van der Waals surface area contributed by atoms with Crippen molar-refractivity contribution >= 4 is 0 Å². The SMILES string of the molecule is Cc1ccc(CN2CC(CN)CC2C)c(-c2ccnn2C)c1. The Morgan fingerprint density at radius 3 is 2.77 bits per heavy atom. The number of benzene rings is 1. The van der Waals surface area contributed by atoms with Crippen molar-refractivity contribution in [1.29, 1.82) is 0 Å². The van der Waals surface area contributed by atoms with Gasteiger partial charge in [-0.1, -0.05) is 17.7 Å². The van der Waals surface area contributed by atoms with Crippen molar-refractivity contribution in [3.63, 3.8) is 0 Å². The fourth-order valence-electron chi connectivity index (χ4n) is 3.53. The first-order valence-electron chi connectivity index (χ1n) is 8.10. The van der Waals surface area contributed by atoms with Crippen molar-refractivity contribution in [3.8, 4) is 11.3 Å². The van der Waals surface area contributed by atoms with Crippen molar-refractivity contribution < 1.29 is 0 Å². The van der Waals surface area contributed by atoms with Gasteiger partial charge in [-0.05, 0) is 50.4 Å². The molecule has 1 aromatic heterocycles. The average Bonchev–Trinajstić information content (AvgIpc) is 3.07. The fraction of sp³-hybridized carbons (Fsp3) is 0.500. The number of hydrogen-bond acceptors (Lipinski definition) is 3. The van der Waals surface area contributed by atoms with Gasteiger partial charge in [0.15, 0.2) is 0 Å². The number of aryl methyl sites for hydroxylation is 2. The van der Waals surface area contributed by atoms with E-state index in [-0.39, 0.29) is 0 Å². The summed E-state index contributed by atoms with van der Waals surface area (Å²) in [4.78, 5) is 2.56. The molecule has 4 heteroatoms. The largest absolute Gasteiger partial charge is 0.330 e. The highest BCUT2D eigenvalue weighted by Crippen LogP contribution is 2.29. The maximum Gasteiger partial charge on any atom is 0.0682 e. The van der Waals surface area contributed by atoms with Crippen LogP contribution in [-0.2, 0) is 13.6 Å². The summed E-state index contributed by atoms with van der Waals surface area (Å²) in [5.41, 5.74) is 11.0. The molecule has 118 valence electrons. The third-order valence-corrected chi connectivity index (χ3v) is 4.86. The van der Waals surface area contributed by atoms with Gasteiger partial charge in [-0.3, -0.25) is 9.58 Å². The van der Waals surface area contributed by atoms with Gasteiger partial charge in [0.25, 0.3) is 0 Å². The lowest BCUT2D eigenvalue weighted by molar-refractivity contribution is 0.256. The Hall–Kier alpha value is -1.65. The van der Waals surface area contributed by atoms with E-state index in [1.807, 2.05) is 17.9 Å². The zero-order valence-corrected chi connectivity index (χ0v) is 13.8. The lowest BCUT2D eigenvalue weighted by Gasteiger charge is -2.23. The predicted octanol–water partition coefficient (Wildman–Crippen LogP) is 2.56. The van der Waals surface area contributed by atoms with Gasteiger partial charge in [0.1, 0.15) is 0 Å². The van der Waals surface area contributed by atoms with Gasteiger partial charge in [0.05, 0.1) is 5.69 Å². The van der Waals surface area contributed by atoms with Crippen molar-refractivity contribution in [2.75, 3.05) is 13.1 Å². The van der Waals surface area contributed by atoms with E-state index >= 15 is 0 Å². The first-order valence-corrected chi connectivity index (χ1v) is 8.10. The molecular formula is C18H26N4. The molecule has 1 aliphatic rings. The van der Waals surface area contributed by atoms with Crippen molar-refractivity contribution in [1.82, 2.24) is 14.7 Å². The maximum atomic E-state index is 5.86. The summed E-state index contributed by atoms with van der Waals surface area (Å²) in [6.07, 6.45) is 3.08. The van der Waals surface area contributed by atoms with Gasteiger partial charge in [-0.25, -0.2) is 0 Å². The number of hydrogen-bond donors (Lipinski definition) is 1. The minimum atomic E-state index is 0.606. The second kappa shape index (κ2) is 6.23. The second-order valence-electron chi connectivity index (χ2n) is 6.62. The van der Waals surface area contributed by atoms with Crippen LogP contribution in [0.4, 0.5) is 0 Å². The molecule has 2 atom stereocenters. The molecule has 0 bridgehead atoms. The van der Waals surface area contributed by atoms with E-state index in [0.29, 0.717) is 12.0 Å². The van der Waals surface area contributed by atoms with Crippen LogP contribution in [-0.4, -0.2) is 33.8 Å². The normalized spacial score (nSPS) is 22.4. The maximum absolute atomic E-state index is 5.86. The Morgan fingerprint density at radius 2 is 2.14 bits per heavy atom. The molecule has 2 heterocycles. The fourth-order valence-corrected chi connectivity index (χ4v) is 3.53. The lowest BCUT2D eigenvalue weighted by Crippen LogP contribution is -2.27. The standard InChI is InChI=1S/C18H26N4/c1-13-4-5-16(12-22-11-15(10-19)9-14(22)2)17(8-13)18-6-7-20-21(18)3/h4-8,14-15H,9-12,19H2,1-3H3. The molecule has 1 aromatic carbocycles. The van der Waals surface area contributed by atoms with Gasteiger partial charge < -0.3 is 5.73 Å². The van der Waals surface area contributed by atoms with Gasteiger partial charge in [-0.15, -0.1) is 0 Å². The zero-order valence-electron chi connectivity index (χ0n) is 13.8. The summed E-state index contributed by atoms with van der Waals surface area (Å²) in [6, 6.07) is 9.44. The molecular weight excluding hydrogens is 272 g/mol. The molecule has 2 N–H and O–H groups in total. The molecule has 0 saturated carbocycles. The highest BCUT2D eigenvalue weighted by atomic mass is 15.3. The molecule has 22 heavy (non-hydrogen) atoms. The number of likely N-dealkylation sites (tertiary alicyclic amines) is 1. The zero-order chi connectivity index (χ0) is 15.7. The van der Waals surface area contributed by atoms with E-state index in [1.54, 1.807) is 0 Å². The molecule has 1 saturated heterocycles. The van der Waals surface area contributed by atoms with Crippen LogP contribution in [0.2, 0.25) is 0 Å². The van der Waals surface area contributed by atoms with Gasteiger partial charge in [0, 0.05) is 37.9 Å². The summed E-state index contributed by atoms with van der Waals surface area (Å²) >= 11 is 0. The first kappa shape index (κ1) is 15.3. The Bertz CT molecular complexity index is 646. The molecule has 0 amide bonds. The van der Waals surface area contributed by atoms with Gasteiger partial charge >= 0.3 is 0 Å². The van der Waals surface area contributed by atoms with Crippen LogP contribution < -0.4 is 5.73 Å². The van der Waals surface area contributed by atoms with Crippen molar-refractivity contribution in [2.45, 2.75) is 32.9 Å². The van der Waals surface area contributed by atoms with E-state index in [4.69, 9.17) is 5.73 Å². The smallest absolute Gasteiger partial charge is 0.0682 e. The second-order valence-corrected chi connectivity index (χ2v) is 6.62. The van der Waals surface area contributed by atoms with E-state index in [9.17, 15) is 0 Å². The molecule has 4 nitrogen and oxygen atoms in total. The minimum Gasteiger partial charge on any atom is -0.330 e. The number of rotatable bonds is 4. The molecule has 0 aliphatic carbocycles. The van der Waals surface area contributed by atoms with Gasteiger partial charge in [-0.2, -0.15) is 5.10 Å². The van der Waals surface area contributed by atoms with Gasteiger partial charge in [0.2, 0.25) is 0 Å². The van der Waals surface area contributed by atoms with Crippen LogP contribution >= 0.6 is 0 Å². The quantitative estimate of drug-likeness (QED) is 0.943. The van der Waals surface area contributed by atoms with Crippen LogP contribution in [0.5, 0.6) is 0 Å². The summed E-state index contributed by atoms with van der Waals surface area (Å²) < 4.78 is 1.95. The molecule has 1 aliphatic heterocycles. The van der Waals surface area contributed by atoms with Crippen molar-refractivity contribution in [2.24, 2.45) is 18.7 Å². The van der Waals surface area contributed by atoms with Crippen LogP contribution in [0.25, 0.3) is 11.3 Å². The monoisotopic (exact) mass is 298 g/mol. The Balaban J connectivity index is 1.90. The van der Waals surface area contributed by atoms with E-state index in [1.165, 1.54) is 28.8 Å². The van der Waals surface area contributed by atoms with E-state index < -0.39 is 0 Å². The van der Waals surface area contributed by atoms with E-state index in [2.05, 4.69) is 48.1 Å². The lowest BCUT2D eigenvalue weighted by atomic mass is 10.0. The minimum absolute atomic E-state index is 0.606. The molecule has 0 radical (unpaired) electrons. The molecule has 0 spiro atoms.